The Bertz CT molecular complexity index is 498. The van der Waals surface area contributed by atoms with E-state index in [9.17, 15) is 14.4 Å². The van der Waals surface area contributed by atoms with Crippen LogP contribution in [0.1, 0.15) is 41.9 Å². The molecule has 0 aromatic carbocycles. The summed E-state index contributed by atoms with van der Waals surface area (Å²) in [5, 5.41) is 13.6. The molecule has 0 fully saturated rings. The lowest BCUT2D eigenvalue weighted by Crippen LogP contribution is -2.45. The van der Waals surface area contributed by atoms with Crippen LogP contribution in [0.25, 0.3) is 0 Å². The van der Waals surface area contributed by atoms with Crippen LogP contribution in [0, 0.1) is 0 Å². The molecular weight excluding hydrogens is 252 g/mol. The summed E-state index contributed by atoms with van der Waals surface area (Å²) >= 11 is 0. The van der Waals surface area contributed by atoms with Gasteiger partial charge in [-0.05, 0) is 32.9 Å². The Morgan fingerprint density at radius 2 is 1.79 bits per heavy atom. The molecule has 0 saturated heterocycles. The number of furan rings is 1. The Kier molecular flexibility index (Phi) is 4.31. The maximum atomic E-state index is 11.6. The van der Waals surface area contributed by atoms with Crippen molar-refractivity contribution in [1.82, 2.24) is 10.6 Å². The number of nitrogens with one attached hydrogen (secondary N) is 2. The van der Waals surface area contributed by atoms with E-state index in [0.717, 1.165) is 0 Å². The van der Waals surface area contributed by atoms with E-state index in [0.29, 0.717) is 0 Å². The van der Waals surface area contributed by atoms with E-state index in [2.05, 4.69) is 10.6 Å². The smallest absolute Gasteiger partial charge is 0.371 e. The van der Waals surface area contributed by atoms with E-state index in [1.54, 1.807) is 0 Å². The molecule has 0 aliphatic rings. The highest BCUT2D eigenvalue weighted by Crippen LogP contribution is 2.07. The molecular formula is C12H16N2O5. The van der Waals surface area contributed by atoms with E-state index in [4.69, 9.17) is 9.52 Å². The number of carboxylic acid groups (broad SMARTS) is 1. The fraction of sp³-hybridized carbons (Fsp3) is 0.417. The molecule has 2 amide bonds. The van der Waals surface area contributed by atoms with Crippen molar-refractivity contribution >= 4 is 17.8 Å². The summed E-state index contributed by atoms with van der Waals surface area (Å²) in [6.07, 6.45) is 0. The maximum absolute atomic E-state index is 11.6. The van der Waals surface area contributed by atoms with Crippen molar-refractivity contribution in [2.75, 3.05) is 6.54 Å². The van der Waals surface area contributed by atoms with Crippen LogP contribution in [-0.4, -0.2) is 35.0 Å². The monoisotopic (exact) mass is 268 g/mol. The number of rotatable bonds is 4. The minimum Gasteiger partial charge on any atom is -0.475 e. The first-order valence-corrected chi connectivity index (χ1v) is 5.61. The van der Waals surface area contributed by atoms with Gasteiger partial charge in [0.25, 0.3) is 5.91 Å². The fourth-order valence-electron chi connectivity index (χ4n) is 1.28. The van der Waals surface area contributed by atoms with E-state index in [1.165, 1.54) is 12.1 Å². The van der Waals surface area contributed by atoms with Crippen molar-refractivity contribution in [2.45, 2.75) is 26.3 Å². The molecule has 7 nitrogen and oxygen atoms in total. The van der Waals surface area contributed by atoms with Gasteiger partial charge in [-0.3, -0.25) is 9.59 Å². The lowest BCUT2D eigenvalue weighted by atomic mass is 10.1. The first-order valence-electron chi connectivity index (χ1n) is 5.61. The SMILES string of the molecule is CC(C)(C)NC(=O)CNC(=O)c1ccc(C(=O)O)o1. The maximum Gasteiger partial charge on any atom is 0.371 e. The molecule has 3 N–H and O–H groups in total. The second-order valence-electron chi connectivity index (χ2n) is 4.95. The van der Waals surface area contributed by atoms with Gasteiger partial charge in [-0.2, -0.15) is 0 Å². The lowest BCUT2D eigenvalue weighted by Gasteiger charge is -2.20. The van der Waals surface area contributed by atoms with E-state index in [-0.39, 0.29) is 29.5 Å². The highest BCUT2D eigenvalue weighted by atomic mass is 16.4. The standard InChI is InChI=1S/C12H16N2O5/c1-12(2,3)14-9(15)6-13-10(16)7-4-5-8(19-7)11(17)18/h4-5H,6H2,1-3H3,(H,13,16)(H,14,15)(H,17,18). The summed E-state index contributed by atoms with van der Waals surface area (Å²) in [5.41, 5.74) is -0.386. The van der Waals surface area contributed by atoms with E-state index in [1.807, 2.05) is 20.8 Å². The molecule has 1 aromatic rings. The number of carbonyl (C=O) groups excluding carboxylic acids is 2. The Labute approximate surface area is 110 Å². The topological polar surface area (TPSA) is 109 Å². The summed E-state index contributed by atoms with van der Waals surface area (Å²) < 4.78 is 4.80. The zero-order chi connectivity index (χ0) is 14.6. The van der Waals surface area contributed by atoms with Gasteiger partial charge in [0.2, 0.25) is 11.7 Å². The van der Waals surface area contributed by atoms with Crippen molar-refractivity contribution in [3.05, 3.63) is 23.7 Å². The minimum absolute atomic E-state index is 0.152. The van der Waals surface area contributed by atoms with E-state index < -0.39 is 11.9 Å². The van der Waals surface area contributed by atoms with Gasteiger partial charge in [0.05, 0.1) is 6.54 Å². The summed E-state index contributed by atoms with van der Waals surface area (Å²) in [6.45, 7) is 5.24. The Morgan fingerprint density at radius 3 is 2.26 bits per heavy atom. The molecule has 19 heavy (non-hydrogen) atoms. The number of aromatic carboxylic acids is 1. The second-order valence-corrected chi connectivity index (χ2v) is 4.95. The molecule has 7 heteroatoms. The number of amides is 2. The fourth-order valence-corrected chi connectivity index (χ4v) is 1.28. The Morgan fingerprint density at radius 1 is 1.21 bits per heavy atom. The molecule has 0 spiro atoms. The molecule has 0 aliphatic heterocycles. The zero-order valence-electron chi connectivity index (χ0n) is 10.9. The van der Waals surface area contributed by atoms with Crippen LogP contribution >= 0.6 is 0 Å². The van der Waals surface area contributed by atoms with Crippen LogP contribution in [0.4, 0.5) is 0 Å². The molecule has 1 aromatic heterocycles. The number of hydrogen-bond acceptors (Lipinski definition) is 4. The van der Waals surface area contributed by atoms with Gasteiger partial charge in [-0.1, -0.05) is 0 Å². The predicted molar refractivity (Wildman–Crippen MR) is 65.9 cm³/mol. The van der Waals surface area contributed by atoms with Crippen molar-refractivity contribution in [3.63, 3.8) is 0 Å². The summed E-state index contributed by atoms with van der Waals surface area (Å²) in [4.78, 5) is 33.6. The summed E-state index contributed by atoms with van der Waals surface area (Å²) in [5.74, 6) is -2.72. The molecule has 0 unspecified atom stereocenters. The zero-order valence-corrected chi connectivity index (χ0v) is 10.9. The van der Waals surface area contributed by atoms with E-state index >= 15 is 0 Å². The third kappa shape index (κ3) is 4.82. The van der Waals surface area contributed by atoms with Gasteiger partial charge < -0.3 is 20.2 Å². The number of carbonyl (C=O) groups is 3. The second kappa shape index (κ2) is 5.55. The van der Waals surface area contributed by atoms with Crippen molar-refractivity contribution in [2.24, 2.45) is 0 Å². The summed E-state index contributed by atoms with van der Waals surface area (Å²) in [6, 6.07) is 2.41. The van der Waals surface area contributed by atoms with Gasteiger partial charge in [0, 0.05) is 5.54 Å². The summed E-state index contributed by atoms with van der Waals surface area (Å²) in [7, 11) is 0. The van der Waals surface area contributed by atoms with Gasteiger partial charge in [0.1, 0.15) is 0 Å². The van der Waals surface area contributed by atoms with Gasteiger partial charge in [-0.15, -0.1) is 0 Å². The van der Waals surface area contributed by atoms with Crippen LogP contribution in [0.15, 0.2) is 16.5 Å². The third-order valence-corrected chi connectivity index (χ3v) is 1.96. The highest BCUT2D eigenvalue weighted by molar-refractivity contribution is 5.95. The molecule has 104 valence electrons. The predicted octanol–water partition coefficient (Wildman–Crippen LogP) is 0.622. The normalized spacial score (nSPS) is 10.9. The minimum atomic E-state index is -1.26. The van der Waals surface area contributed by atoms with Gasteiger partial charge >= 0.3 is 5.97 Å². The third-order valence-electron chi connectivity index (χ3n) is 1.96. The largest absolute Gasteiger partial charge is 0.475 e. The molecule has 0 atom stereocenters. The van der Waals surface area contributed by atoms with Crippen LogP contribution < -0.4 is 10.6 Å². The van der Waals surface area contributed by atoms with Crippen LogP contribution in [0.2, 0.25) is 0 Å². The quantitative estimate of drug-likeness (QED) is 0.741. The first-order chi connectivity index (χ1) is 8.69. The first kappa shape index (κ1) is 14.7. The number of carboxylic acids is 1. The Balaban J connectivity index is 2.51. The molecule has 1 heterocycles. The highest BCUT2D eigenvalue weighted by Gasteiger charge is 2.17. The van der Waals surface area contributed by atoms with Crippen LogP contribution in [0.3, 0.4) is 0 Å². The number of hydrogen-bond donors (Lipinski definition) is 3. The Hall–Kier alpha value is -2.31. The van der Waals surface area contributed by atoms with Gasteiger partial charge in [-0.25, -0.2) is 4.79 Å². The average Bonchev–Trinajstić information content (AvgIpc) is 2.72. The average molecular weight is 268 g/mol. The molecule has 1 rings (SSSR count). The van der Waals surface area contributed by atoms with Crippen molar-refractivity contribution in [1.29, 1.82) is 0 Å². The molecule has 0 radical (unpaired) electrons. The molecule has 0 bridgehead atoms. The van der Waals surface area contributed by atoms with Crippen LogP contribution in [0.5, 0.6) is 0 Å². The molecule has 0 aliphatic carbocycles. The van der Waals surface area contributed by atoms with Crippen LogP contribution in [-0.2, 0) is 4.79 Å². The van der Waals surface area contributed by atoms with Gasteiger partial charge in [0.15, 0.2) is 5.76 Å². The molecule has 0 saturated carbocycles. The lowest BCUT2D eigenvalue weighted by molar-refractivity contribution is -0.121. The van der Waals surface area contributed by atoms with Crippen molar-refractivity contribution in [3.8, 4) is 0 Å². The van der Waals surface area contributed by atoms with Crippen molar-refractivity contribution < 1.29 is 23.9 Å².